The van der Waals surface area contributed by atoms with Crippen molar-refractivity contribution >= 4 is 21.4 Å². The van der Waals surface area contributed by atoms with Gasteiger partial charge in [0, 0.05) is 4.70 Å². The Bertz CT molecular complexity index is 671. The van der Waals surface area contributed by atoms with E-state index in [0.29, 0.717) is 11.8 Å². The molecule has 3 rings (SSSR count). The van der Waals surface area contributed by atoms with Gasteiger partial charge in [-0.25, -0.2) is 0 Å². The highest BCUT2D eigenvalue weighted by molar-refractivity contribution is 7.22. The molecule has 1 N–H and O–H groups in total. The molecule has 1 aromatic carbocycles. The molecule has 0 fully saturated rings. The van der Waals surface area contributed by atoms with Gasteiger partial charge in [0.25, 0.3) is 5.89 Å². The fraction of sp³-hybridized carbons (Fsp3) is 0.333. The van der Waals surface area contributed by atoms with Crippen molar-refractivity contribution in [2.45, 2.75) is 26.3 Å². The lowest BCUT2D eigenvalue weighted by Crippen LogP contribution is -2.20. The zero-order valence-corrected chi connectivity index (χ0v) is 12.4. The van der Waals surface area contributed by atoms with Gasteiger partial charge in [0.1, 0.15) is 0 Å². The van der Waals surface area contributed by atoms with E-state index in [0.717, 1.165) is 17.8 Å². The molecule has 0 aliphatic heterocycles. The van der Waals surface area contributed by atoms with Crippen LogP contribution in [0.3, 0.4) is 0 Å². The molecule has 2 aromatic heterocycles. The number of nitrogens with one attached hydrogen (secondary N) is 1. The Hall–Kier alpha value is -1.72. The van der Waals surface area contributed by atoms with E-state index in [-0.39, 0.29) is 6.04 Å². The molecule has 0 spiro atoms. The maximum atomic E-state index is 5.83. The minimum Gasteiger partial charge on any atom is -0.418 e. The summed E-state index contributed by atoms with van der Waals surface area (Å²) in [5, 5.41) is 12.9. The summed E-state index contributed by atoms with van der Waals surface area (Å²) in [6, 6.07) is 10.5. The monoisotopic (exact) mass is 287 g/mol. The first-order valence-corrected chi connectivity index (χ1v) is 7.69. The van der Waals surface area contributed by atoms with E-state index in [1.807, 2.05) is 12.1 Å². The van der Waals surface area contributed by atoms with Crippen molar-refractivity contribution in [2.75, 3.05) is 6.54 Å². The highest BCUT2D eigenvalue weighted by Gasteiger charge is 2.17. The zero-order chi connectivity index (χ0) is 13.9. The number of hydrogen-bond donors (Lipinski definition) is 1. The van der Waals surface area contributed by atoms with Crippen LogP contribution in [0.5, 0.6) is 0 Å². The predicted molar refractivity (Wildman–Crippen MR) is 81.8 cm³/mol. The van der Waals surface area contributed by atoms with Crippen LogP contribution in [0.15, 0.2) is 34.7 Å². The first-order valence-electron chi connectivity index (χ1n) is 6.87. The smallest absolute Gasteiger partial charge is 0.257 e. The molecule has 0 aliphatic carbocycles. The third-order valence-electron chi connectivity index (χ3n) is 3.23. The van der Waals surface area contributed by atoms with E-state index in [2.05, 4.69) is 47.6 Å². The van der Waals surface area contributed by atoms with Crippen molar-refractivity contribution < 1.29 is 4.42 Å². The van der Waals surface area contributed by atoms with Gasteiger partial charge in [-0.2, -0.15) is 0 Å². The number of fused-ring (bicyclic) bond motifs is 1. The maximum Gasteiger partial charge on any atom is 0.257 e. The second-order valence-electron chi connectivity index (χ2n) is 4.61. The number of thiophene rings is 1. The highest BCUT2D eigenvalue weighted by atomic mass is 32.1. The largest absolute Gasteiger partial charge is 0.418 e. The quantitative estimate of drug-likeness (QED) is 0.770. The summed E-state index contributed by atoms with van der Waals surface area (Å²) in [4.78, 5) is 1.02. The number of rotatable bonds is 5. The molecular formula is C15H17N3OS. The summed E-state index contributed by atoms with van der Waals surface area (Å²) < 4.78 is 7.07. The van der Waals surface area contributed by atoms with Crippen molar-refractivity contribution in [1.29, 1.82) is 0 Å². The van der Waals surface area contributed by atoms with Gasteiger partial charge in [0.05, 0.1) is 10.9 Å². The van der Waals surface area contributed by atoms with E-state index >= 15 is 0 Å². The fourth-order valence-electron chi connectivity index (χ4n) is 2.21. The summed E-state index contributed by atoms with van der Waals surface area (Å²) in [5.74, 6) is 1.28. The van der Waals surface area contributed by atoms with Gasteiger partial charge in [-0.1, -0.05) is 32.0 Å². The second kappa shape index (κ2) is 5.73. The summed E-state index contributed by atoms with van der Waals surface area (Å²) in [7, 11) is 0. The van der Waals surface area contributed by atoms with Crippen molar-refractivity contribution in [3.05, 3.63) is 36.2 Å². The molecule has 20 heavy (non-hydrogen) atoms. The van der Waals surface area contributed by atoms with Crippen LogP contribution in [0.2, 0.25) is 0 Å². The molecule has 2 heterocycles. The van der Waals surface area contributed by atoms with E-state index < -0.39 is 0 Å². The maximum absolute atomic E-state index is 5.83. The molecule has 0 saturated carbocycles. The summed E-state index contributed by atoms with van der Waals surface area (Å²) in [6.07, 6.45) is 0.932. The van der Waals surface area contributed by atoms with Gasteiger partial charge in [-0.15, -0.1) is 21.5 Å². The van der Waals surface area contributed by atoms with Crippen LogP contribution >= 0.6 is 11.3 Å². The Morgan fingerprint density at radius 1 is 1.25 bits per heavy atom. The third-order valence-corrected chi connectivity index (χ3v) is 4.34. The van der Waals surface area contributed by atoms with Gasteiger partial charge < -0.3 is 9.73 Å². The standard InChI is InChI=1S/C15H17N3OS/c1-3-11(16-4-2)14-17-18-15(19-14)13-9-10-7-5-6-8-12(10)20-13/h5-9,11,16H,3-4H2,1-2H3. The normalized spacial score (nSPS) is 12.9. The molecular weight excluding hydrogens is 270 g/mol. The van der Waals surface area contributed by atoms with Crippen LogP contribution in [0.25, 0.3) is 20.9 Å². The van der Waals surface area contributed by atoms with Crippen molar-refractivity contribution in [2.24, 2.45) is 0 Å². The Labute approximate surface area is 121 Å². The summed E-state index contributed by atoms with van der Waals surface area (Å²) in [5.41, 5.74) is 0. The van der Waals surface area contributed by atoms with Crippen LogP contribution < -0.4 is 5.32 Å². The van der Waals surface area contributed by atoms with Gasteiger partial charge in [0.15, 0.2) is 0 Å². The molecule has 0 radical (unpaired) electrons. The van der Waals surface area contributed by atoms with Crippen molar-refractivity contribution in [3.8, 4) is 10.8 Å². The number of aromatic nitrogens is 2. The van der Waals surface area contributed by atoms with Crippen LogP contribution in [0, 0.1) is 0 Å². The first kappa shape index (κ1) is 13.3. The molecule has 104 valence electrons. The Kier molecular flexibility index (Phi) is 3.80. The van der Waals surface area contributed by atoms with Gasteiger partial charge in [0.2, 0.25) is 5.89 Å². The van der Waals surface area contributed by atoms with Crippen LogP contribution in [-0.4, -0.2) is 16.7 Å². The topological polar surface area (TPSA) is 51.0 Å². The molecule has 0 saturated heterocycles. The summed E-state index contributed by atoms with van der Waals surface area (Å²) >= 11 is 1.68. The second-order valence-corrected chi connectivity index (χ2v) is 5.70. The van der Waals surface area contributed by atoms with Gasteiger partial charge in [-0.3, -0.25) is 0 Å². The molecule has 0 bridgehead atoms. The van der Waals surface area contributed by atoms with E-state index in [4.69, 9.17) is 4.42 Å². The van der Waals surface area contributed by atoms with E-state index in [1.165, 1.54) is 10.1 Å². The highest BCUT2D eigenvalue weighted by Crippen LogP contribution is 2.33. The average molecular weight is 287 g/mol. The van der Waals surface area contributed by atoms with E-state index in [9.17, 15) is 0 Å². The molecule has 4 nitrogen and oxygen atoms in total. The van der Waals surface area contributed by atoms with Gasteiger partial charge >= 0.3 is 0 Å². The zero-order valence-electron chi connectivity index (χ0n) is 11.6. The minimum absolute atomic E-state index is 0.135. The van der Waals surface area contributed by atoms with Crippen molar-refractivity contribution in [3.63, 3.8) is 0 Å². The van der Waals surface area contributed by atoms with Crippen molar-refractivity contribution in [1.82, 2.24) is 15.5 Å². The molecule has 1 unspecified atom stereocenters. The Morgan fingerprint density at radius 3 is 2.85 bits per heavy atom. The fourth-order valence-corrected chi connectivity index (χ4v) is 3.20. The first-order chi connectivity index (χ1) is 9.81. The van der Waals surface area contributed by atoms with Crippen LogP contribution in [-0.2, 0) is 0 Å². The van der Waals surface area contributed by atoms with E-state index in [1.54, 1.807) is 11.3 Å². The molecule has 3 aromatic rings. The minimum atomic E-state index is 0.135. The Morgan fingerprint density at radius 2 is 2.10 bits per heavy atom. The number of nitrogens with zero attached hydrogens (tertiary/aromatic N) is 2. The number of benzene rings is 1. The van der Waals surface area contributed by atoms with Gasteiger partial charge in [-0.05, 0) is 30.5 Å². The molecule has 5 heteroatoms. The molecule has 0 amide bonds. The lowest BCUT2D eigenvalue weighted by atomic mass is 10.2. The lowest BCUT2D eigenvalue weighted by molar-refractivity contribution is 0.402. The predicted octanol–water partition coefficient (Wildman–Crippen LogP) is 4.01. The van der Waals surface area contributed by atoms with Crippen LogP contribution in [0.1, 0.15) is 32.2 Å². The summed E-state index contributed by atoms with van der Waals surface area (Å²) in [6.45, 7) is 5.07. The molecule has 1 atom stereocenters. The molecule has 0 aliphatic rings. The van der Waals surface area contributed by atoms with Crippen LogP contribution in [0.4, 0.5) is 0 Å². The average Bonchev–Trinajstić information content (AvgIpc) is 3.10. The Balaban J connectivity index is 1.92. The SMILES string of the molecule is CCNC(CC)c1nnc(-c2cc3ccccc3s2)o1. The number of hydrogen-bond acceptors (Lipinski definition) is 5. The third kappa shape index (κ3) is 2.46. The lowest BCUT2D eigenvalue weighted by Gasteiger charge is -2.09.